The summed E-state index contributed by atoms with van der Waals surface area (Å²) in [5, 5.41) is 10.5. The Balaban J connectivity index is 1.30. The van der Waals surface area contributed by atoms with E-state index in [1.165, 1.54) is 27.1 Å². The molecule has 0 unspecified atom stereocenters. The van der Waals surface area contributed by atoms with Gasteiger partial charge < -0.3 is 8.98 Å². The molecule has 0 radical (unpaired) electrons. The standard InChI is InChI=1S/C49H29N3O/c1-3-13-30(14-4-1)38-28-46(50-41-21-11-9-19-34(38)41)52-44-29-43-39(35-20-10-12-22-42(35)51(43)32-16-5-2-6-17-32)27-40(44)36-24-25-37-47-33-18-8-7-15-31(33)23-26-45(47)53-49(37)48(36)52/h1-29H. The summed E-state index contributed by atoms with van der Waals surface area (Å²) in [6.45, 7) is 0. The molecule has 0 N–H and O–H groups in total. The van der Waals surface area contributed by atoms with E-state index in [4.69, 9.17) is 9.40 Å². The van der Waals surface area contributed by atoms with Crippen LogP contribution in [0.15, 0.2) is 180 Å². The number of hydrogen-bond acceptors (Lipinski definition) is 2. The molecule has 0 aliphatic rings. The normalized spacial score (nSPS) is 12.2. The topological polar surface area (TPSA) is 35.9 Å². The molecule has 246 valence electrons. The first-order valence-electron chi connectivity index (χ1n) is 18.1. The van der Waals surface area contributed by atoms with Crippen molar-refractivity contribution in [3.63, 3.8) is 0 Å². The molecule has 0 atom stereocenters. The molecule has 12 rings (SSSR count). The second-order valence-electron chi connectivity index (χ2n) is 13.9. The summed E-state index contributed by atoms with van der Waals surface area (Å²) in [7, 11) is 0. The van der Waals surface area contributed by atoms with Gasteiger partial charge in [-0.2, -0.15) is 0 Å². The number of nitrogens with zero attached hydrogens (tertiary/aromatic N) is 3. The fraction of sp³-hybridized carbons (Fsp3) is 0. The van der Waals surface area contributed by atoms with Crippen molar-refractivity contribution in [2.24, 2.45) is 0 Å². The van der Waals surface area contributed by atoms with Crippen LogP contribution in [0.4, 0.5) is 0 Å². The predicted molar refractivity (Wildman–Crippen MR) is 221 cm³/mol. The van der Waals surface area contributed by atoms with Gasteiger partial charge in [0, 0.05) is 43.4 Å². The second kappa shape index (κ2) is 10.7. The third-order valence-electron chi connectivity index (χ3n) is 11.1. The van der Waals surface area contributed by atoms with Crippen molar-refractivity contribution in [3.8, 4) is 22.6 Å². The molecule has 12 aromatic rings. The van der Waals surface area contributed by atoms with Crippen LogP contribution >= 0.6 is 0 Å². The predicted octanol–water partition coefficient (Wildman–Crippen LogP) is 13.1. The quantitative estimate of drug-likeness (QED) is 0.187. The van der Waals surface area contributed by atoms with E-state index in [9.17, 15) is 0 Å². The molecular formula is C49H29N3O. The van der Waals surface area contributed by atoms with Crippen LogP contribution in [0.5, 0.6) is 0 Å². The molecule has 4 heterocycles. The summed E-state index contributed by atoms with van der Waals surface area (Å²) >= 11 is 0. The summed E-state index contributed by atoms with van der Waals surface area (Å²) in [4.78, 5) is 5.43. The van der Waals surface area contributed by atoms with Crippen molar-refractivity contribution in [2.45, 2.75) is 0 Å². The minimum Gasteiger partial charge on any atom is -0.454 e. The van der Waals surface area contributed by atoms with E-state index < -0.39 is 0 Å². The highest BCUT2D eigenvalue weighted by Crippen LogP contribution is 2.45. The lowest BCUT2D eigenvalue weighted by Crippen LogP contribution is -2.00. The Bertz CT molecular complexity index is 3440. The molecule has 0 aliphatic heterocycles. The lowest BCUT2D eigenvalue weighted by Gasteiger charge is -2.13. The van der Waals surface area contributed by atoms with Crippen molar-refractivity contribution in [2.75, 3.05) is 0 Å². The maximum Gasteiger partial charge on any atom is 0.160 e. The van der Waals surface area contributed by atoms with Crippen LogP contribution in [0.25, 0.3) is 110 Å². The summed E-state index contributed by atoms with van der Waals surface area (Å²) in [5.74, 6) is 0.849. The molecule has 4 nitrogen and oxygen atoms in total. The number of hydrogen-bond donors (Lipinski definition) is 0. The molecule has 0 saturated heterocycles. The first-order chi connectivity index (χ1) is 26.3. The van der Waals surface area contributed by atoms with Gasteiger partial charge in [-0.05, 0) is 76.5 Å². The van der Waals surface area contributed by atoms with Gasteiger partial charge in [-0.3, -0.25) is 4.57 Å². The highest BCUT2D eigenvalue weighted by atomic mass is 16.3. The Labute approximate surface area is 303 Å². The number of aromatic nitrogens is 3. The first-order valence-corrected chi connectivity index (χ1v) is 18.1. The zero-order chi connectivity index (χ0) is 34.6. The third-order valence-corrected chi connectivity index (χ3v) is 11.1. The number of rotatable bonds is 3. The van der Waals surface area contributed by atoms with E-state index in [2.05, 4.69) is 185 Å². The van der Waals surface area contributed by atoms with Crippen LogP contribution < -0.4 is 0 Å². The Morgan fingerprint density at radius 3 is 1.98 bits per heavy atom. The molecule has 0 bridgehead atoms. The summed E-state index contributed by atoms with van der Waals surface area (Å²) in [5.41, 5.74) is 10.5. The average molecular weight is 676 g/mol. The van der Waals surface area contributed by atoms with Gasteiger partial charge in [-0.1, -0.05) is 121 Å². The van der Waals surface area contributed by atoms with Crippen molar-refractivity contribution in [1.82, 2.24) is 14.1 Å². The Morgan fingerprint density at radius 1 is 0.434 bits per heavy atom. The molecule has 0 saturated carbocycles. The van der Waals surface area contributed by atoms with Gasteiger partial charge >= 0.3 is 0 Å². The second-order valence-corrected chi connectivity index (χ2v) is 13.9. The van der Waals surface area contributed by atoms with E-state index >= 15 is 0 Å². The van der Waals surface area contributed by atoms with E-state index in [1.807, 2.05) is 0 Å². The number of pyridine rings is 1. The van der Waals surface area contributed by atoms with Gasteiger partial charge in [0.2, 0.25) is 0 Å². The SMILES string of the molecule is c1ccc(-c2cc(-n3c4cc5c(cc4c4ccc6c(oc7ccc8ccccc8c76)c43)c3ccccc3n5-c3ccccc3)nc3ccccc23)cc1. The molecule has 0 amide bonds. The monoisotopic (exact) mass is 675 g/mol. The number of furan rings is 1. The van der Waals surface area contributed by atoms with Crippen LogP contribution in [0.3, 0.4) is 0 Å². The van der Waals surface area contributed by atoms with E-state index in [1.54, 1.807) is 0 Å². The summed E-state index contributed by atoms with van der Waals surface area (Å²) in [6, 6.07) is 62.9. The van der Waals surface area contributed by atoms with Crippen molar-refractivity contribution in [3.05, 3.63) is 176 Å². The molecular weight excluding hydrogens is 647 g/mol. The number of para-hydroxylation sites is 3. The van der Waals surface area contributed by atoms with Gasteiger partial charge in [0.25, 0.3) is 0 Å². The lowest BCUT2D eigenvalue weighted by molar-refractivity contribution is 0.671. The van der Waals surface area contributed by atoms with E-state index in [-0.39, 0.29) is 0 Å². The summed E-state index contributed by atoms with van der Waals surface area (Å²) < 4.78 is 11.7. The Kier molecular flexibility index (Phi) is 5.74. The van der Waals surface area contributed by atoms with Crippen LogP contribution in [0, 0.1) is 0 Å². The molecule has 0 aliphatic carbocycles. The highest BCUT2D eigenvalue weighted by molar-refractivity contribution is 6.27. The van der Waals surface area contributed by atoms with Gasteiger partial charge in [-0.15, -0.1) is 0 Å². The molecule has 53 heavy (non-hydrogen) atoms. The van der Waals surface area contributed by atoms with Crippen LogP contribution in [0.2, 0.25) is 0 Å². The molecule has 4 aromatic heterocycles. The smallest absolute Gasteiger partial charge is 0.160 e. The lowest BCUT2D eigenvalue weighted by atomic mass is 10.0. The first kappa shape index (κ1) is 28.5. The van der Waals surface area contributed by atoms with Gasteiger partial charge in [-0.25, -0.2) is 4.98 Å². The van der Waals surface area contributed by atoms with Crippen LogP contribution in [-0.4, -0.2) is 14.1 Å². The van der Waals surface area contributed by atoms with Gasteiger partial charge in [0.05, 0.1) is 27.6 Å². The van der Waals surface area contributed by atoms with Crippen LogP contribution in [0.1, 0.15) is 0 Å². The molecule has 0 spiro atoms. The fourth-order valence-electron chi connectivity index (χ4n) is 8.79. The largest absolute Gasteiger partial charge is 0.454 e. The minimum atomic E-state index is 0.849. The Hall–Kier alpha value is -7.17. The van der Waals surface area contributed by atoms with Gasteiger partial charge in [0.15, 0.2) is 5.58 Å². The molecule has 4 heteroatoms. The highest BCUT2D eigenvalue weighted by Gasteiger charge is 2.24. The van der Waals surface area contributed by atoms with E-state index in [0.29, 0.717) is 0 Å². The molecule has 8 aromatic carbocycles. The van der Waals surface area contributed by atoms with Crippen molar-refractivity contribution < 1.29 is 4.42 Å². The molecule has 0 fully saturated rings. The van der Waals surface area contributed by atoms with Crippen LogP contribution in [-0.2, 0) is 0 Å². The zero-order valence-corrected chi connectivity index (χ0v) is 28.5. The maximum absolute atomic E-state index is 6.96. The van der Waals surface area contributed by atoms with Crippen molar-refractivity contribution >= 4 is 87.2 Å². The third kappa shape index (κ3) is 3.98. The van der Waals surface area contributed by atoms with Gasteiger partial charge in [0.1, 0.15) is 11.4 Å². The summed E-state index contributed by atoms with van der Waals surface area (Å²) in [6.07, 6.45) is 0. The maximum atomic E-state index is 6.96. The number of benzene rings is 8. The van der Waals surface area contributed by atoms with Crippen molar-refractivity contribution in [1.29, 1.82) is 0 Å². The Morgan fingerprint density at radius 2 is 1.11 bits per heavy atom. The van der Waals surface area contributed by atoms with E-state index in [0.717, 1.165) is 82.8 Å². The minimum absolute atomic E-state index is 0.849. The number of fused-ring (bicyclic) bond motifs is 13. The fourth-order valence-corrected chi connectivity index (χ4v) is 8.79. The average Bonchev–Trinajstić information content (AvgIpc) is 3.88. The zero-order valence-electron chi connectivity index (χ0n) is 28.5.